The summed E-state index contributed by atoms with van der Waals surface area (Å²) in [7, 11) is 0. The summed E-state index contributed by atoms with van der Waals surface area (Å²) in [6, 6.07) is 4.10. The molecule has 1 aromatic heterocycles. The molecule has 0 bridgehead atoms. The Morgan fingerprint density at radius 3 is 2.65 bits per heavy atom. The zero-order chi connectivity index (χ0) is 12.4. The molecule has 1 unspecified atom stereocenters. The minimum absolute atomic E-state index is 0.0895. The molecule has 0 spiro atoms. The highest BCUT2D eigenvalue weighted by molar-refractivity contribution is 9.10. The molecule has 1 aromatic carbocycles. The van der Waals surface area contributed by atoms with E-state index in [1.165, 1.54) is 17.4 Å². The Morgan fingerprint density at radius 1 is 1.29 bits per heavy atom. The van der Waals surface area contributed by atoms with Crippen molar-refractivity contribution in [2.24, 2.45) is 5.84 Å². The second-order valence-electron chi connectivity index (χ2n) is 3.42. The lowest BCUT2D eigenvalue weighted by Gasteiger charge is -2.17. The molecular formula is C11H9BrF2N2S. The van der Waals surface area contributed by atoms with Crippen LogP contribution in [0.5, 0.6) is 0 Å². The molecule has 3 N–H and O–H groups in total. The van der Waals surface area contributed by atoms with E-state index in [1.807, 2.05) is 16.8 Å². The van der Waals surface area contributed by atoms with Crippen LogP contribution >= 0.6 is 27.3 Å². The second-order valence-corrected chi connectivity index (χ2v) is 4.99. The molecule has 2 rings (SSSR count). The van der Waals surface area contributed by atoms with Crippen molar-refractivity contribution in [3.05, 3.63) is 56.2 Å². The van der Waals surface area contributed by atoms with Crippen LogP contribution < -0.4 is 11.3 Å². The van der Waals surface area contributed by atoms with E-state index < -0.39 is 11.6 Å². The Labute approximate surface area is 110 Å². The van der Waals surface area contributed by atoms with Gasteiger partial charge in [0.2, 0.25) is 0 Å². The fourth-order valence-electron chi connectivity index (χ4n) is 1.57. The quantitative estimate of drug-likeness (QED) is 0.517. The van der Waals surface area contributed by atoms with E-state index in [0.717, 1.165) is 11.6 Å². The van der Waals surface area contributed by atoms with Gasteiger partial charge >= 0.3 is 0 Å². The maximum atomic E-state index is 13.4. The molecule has 17 heavy (non-hydrogen) atoms. The zero-order valence-corrected chi connectivity index (χ0v) is 11.0. The minimum atomic E-state index is -0.905. The summed E-state index contributed by atoms with van der Waals surface area (Å²) < 4.78 is 26.5. The third-order valence-electron chi connectivity index (χ3n) is 2.42. The van der Waals surface area contributed by atoms with Gasteiger partial charge in [-0.2, -0.15) is 11.3 Å². The van der Waals surface area contributed by atoms with Crippen molar-refractivity contribution in [2.75, 3.05) is 0 Å². The second kappa shape index (κ2) is 5.22. The van der Waals surface area contributed by atoms with Gasteiger partial charge in [0.25, 0.3) is 0 Å². The summed E-state index contributed by atoms with van der Waals surface area (Å²) in [4.78, 5) is 0. The summed E-state index contributed by atoms with van der Waals surface area (Å²) in [5.41, 5.74) is 4.06. The molecular weight excluding hydrogens is 310 g/mol. The van der Waals surface area contributed by atoms with Gasteiger partial charge in [-0.25, -0.2) is 14.2 Å². The summed E-state index contributed by atoms with van der Waals surface area (Å²) in [6.07, 6.45) is 0. The fraction of sp³-hybridized carbons (Fsp3) is 0.0909. The van der Waals surface area contributed by atoms with Crippen LogP contribution in [-0.4, -0.2) is 0 Å². The molecule has 0 aliphatic heterocycles. The predicted octanol–water partition coefficient (Wildman–Crippen LogP) is 3.34. The molecule has 0 saturated carbocycles. The minimum Gasteiger partial charge on any atom is -0.271 e. The summed E-state index contributed by atoms with van der Waals surface area (Å²) >= 11 is 4.56. The first-order chi connectivity index (χ1) is 8.15. The third kappa shape index (κ3) is 2.40. The third-order valence-corrected chi connectivity index (χ3v) is 3.93. The van der Waals surface area contributed by atoms with Crippen LogP contribution in [0, 0.1) is 11.6 Å². The van der Waals surface area contributed by atoms with Gasteiger partial charge in [0.05, 0.1) is 10.5 Å². The number of hydrazine groups is 1. The Hall–Kier alpha value is -0.820. The summed E-state index contributed by atoms with van der Waals surface area (Å²) in [5, 5.41) is 3.80. The highest BCUT2D eigenvalue weighted by Gasteiger charge is 2.19. The van der Waals surface area contributed by atoms with Crippen molar-refractivity contribution in [3.8, 4) is 0 Å². The molecule has 0 radical (unpaired) electrons. The zero-order valence-electron chi connectivity index (χ0n) is 8.58. The van der Waals surface area contributed by atoms with Gasteiger partial charge in [0.1, 0.15) is 0 Å². The maximum absolute atomic E-state index is 13.4. The van der Waals surface area contributed by atoms with E-state index in [9.17, 15) is 8.78 Å². The van der Waals surface area contributed by atoms with Gasteiger partial charge in [-0.1, -0.05) is 6.07 Å². The van der Waals surface area contributed by atoms with Gasteiger partial charge in [0.15, 0.2) is 11.6 Å². The van der Waals surface area contributed by atoms with E-state index in [-0.39, 0.29) is 10.5 Å². The molecule has 0 aliphatic rings. The Kier molecular flexibility index (Phi) is 3.88. The monoisotopic (exact) mass is 318 g/mol. The first kappa shape index (κ1) is 12.6. The largest absolute Gasteiger partial charge is 0.271 e. The molecule has 0 fully saturated rings. The number of halogens is 3. The maximum Gasteiger partial charge on any atom is 0.173 e. The van der Waals surface area contributed by atoms with E-state index in [4.69, 9.17) is 5.84 Å². The first-order valence-electron chi connectivity index (χ1n) is 4.76. The lowest BCUT2D eigenvalue weighted by atomic mass is 10.0. The highest BCUT2D eigenvalue weighted by atomic mass is 79.9. The lowest BCUT2D eigenvalue weighted by Crippen LogP contribution is -2.29. The lowest BCUT2D eigenvalue weighted by molar-refractivity contribution is 0.498. The van der Waals surface area contributed by atoms with Crippen LogP contribution in [0.4, 0.5) is 8.78 Å². The normalized spacial score (nSPS) is 12.7. The van der Waals surface area contributed by atoms with Crippen LogP contribution in [0.25, 0.3) is 0 Å². The highest BCUT2D eigenvalue weighted by Crippen LogP contribution is 2.31. The van der Waals surface area contributed by atoms with Crippen molar-refractivity contribution in [2.45, 2.75) is 6.04 Å². The molecule has 2 nitrogen and oxygen atoms in total. The molecule has 1 heterocycles. The van der Waals surface area contributed by atoms with E-state index in [0.29, 0.717) is 5.56 Å². The van der Waals surface area contributed by atoms with Crippen LogP contribution in [0.15, 0.2) is 33.4 Å². The average Bonchev–Trinajstić information content (AvgIpc) is 2.84. The first-order valence-corrected chi connectivity index (χ1v) is 6.50. The number of thiophene rings is 1. The van der Waals surface area contributed by atoms with Crippen LogP contribution in [0.3, 0.4) is 0 Å². The smallest absolute Gasteiger partial charge is 0.173 e. The number of hydrogen-bond donors (Lipinski definition) is 2. The fourth-order valence-corrected chi connectivity index (χ4v) is 2.81. The van der Waals surface area contributed by atoms with Crippen molar-refractivity contribution in [3.63, 3.8) is 0 Å². The van der Waals surface area contributed by atoms with Gasteiger partial charge < -0.3 is 0 Å². The standard InChI is InChI=1S/C11H9BrF2N2S/c12-9-7(1-2-8(13)10(9)14)11(16-15)6-3-4-17-5-6/h1-5,11,16H,15H2. The van der Waals surface area contributed by atoms with Crippen molar-refractivity contribution < 1.29 is 8.78 Å². The number of hydrogen-bond acceptors (Lipinski definition) is 3. The number of nitrogens with two attached hydrogens (primary N) is 1. The van der Waals surface area contributed by atoms with E-state index in [1.54, 1.807) is 0 Å². The summed E-state index contributed by atoms with van der Waals surface area (Å²) in [5.74, 6) is 3.68. The van der Waals surface area contributed by atoms with Gasteiger partial charge in [-0.15, -0.1) is 0 Å². The van der Waals surface area contributed by atoms with Crippen LogP contribution in [0.1, 0.15) is 17.2 Å². The van der Waals surface area contributed by atoms with Gasteiger partial charge in [-0.3, -0.25) is 5.84 Å². The topological polar surface area (TPSA) is 38.0 Å². The van der Waals surface area contributed by atoms with E-state index >= 15 is 0 Å². The molecule has 0 aliphatic carbocycles. The molecule has 0 amide bonds. The van der Waals surface area contributed by atoms with E-state index in [2.05, 4.69) is 21.4 Å². The van der Waals surface area contributed by atoms with Crippen LogP contribution in [0.2, 0.25) is 0 Å². The Bertz CT molecular complexity index is 516. The molecule has 90 valence electrons. The van der Waals surface area contributed by atoms with Crippen LogP contribution in [-0.2, 0) is 0 Å². The van der Waals surface area contributed by atoms with Crippen molar-refractivity contribution >= 4 is 27.3 Å². The Morgan fingerprint density at radius 2 is 2.06 bits per heavy atom. The van der Waals surface area contributed by atoms with Crippen molar-refractivity contribution in [1.29, 1.82) is 0 Å². The molecule has 2 aromatic rings. The van der Waals surface area contributed by atoms with Crippen molar-refractivity contribution in [1.82, 2.24) is 5.43 Å². The number of nitrogens with one attached hydrogen (secondary N) is 1. The molecule has 0 saturated heterocycles. The summed E-state index contributed by atoms with van der Waals surface area (Å²) in [6.45, 7) is 0. The van der Waals surface area contributed by atoms with Gasteiger partial charge in [-0.05, 0) is 49.9 Å². The SMILES string of the molecule is NNC(c1ccsc1)c1ccc(F)c(F)c1Br. The number of rotatable bonds is 3. The predicted molar refractivity (Wildman–Crippen MR) is 67.5 cm³/mol. The number of benzene rings is 1. The van der Waals surface area contributed by atoms with Gasteiger partial charge in [0, 0.05) is 0 Å². The average molecular weight is 319 g/mol. The molecule has 6 heteroatoms. The Balaban J connectivity index is 2.49. The molecule has 1 atom stereocenters.